The van der Waals surface area contributed by atoms with Crippen molar-refractivity contribution in [2.45, 2.75) is 19.9 Å². The molecular weight excluding hydrogens is 397 g/mol. The fourth-order valence-corrected chi connectivity index (χ4v) is 2.52. The molecule has 5 nitrogen and oxygen atoms in total. The molecule has 0 radical (unpaired) electrons. The van der Waals surface area contributed by atoms with Crippen molar-refractivity contribution in [3.8, 4) is 0 Å². The average molecular weight is 413 g/mol. The number of nitrogens with zero attached hydrogens (tertiary/aromatic N) is 1. The van der Waals surface area contributed by atoms with E-state index in [0.717, 1.165) is 5.56 Å². The molecule has 8 heteroatoms. The van der Waals surface area contributed by atoms with Crippen LogP contribution in [0.25, 0.3) is 0 Å². The van der Waals surface area contributed by atoms with Crippen molar-refractivity contribution in [1.29, 1.82) is 0 Å². The van der Waals surface area contributed by atoms with Crippen LogP contribution in [-0.4, -0.2) is 17.5 Å². The molecule has 0 aliphatic carbocycles. The van der Waals surface area contributed by atoms with Crippen molar-refractivity contribution in [1.82, 2.24) is 10.7 Å². The summed E-state index contributed by atoms with van der Waals surface area (Å²) in [6.07, 6.45) is 0.0477. The topological polar surface area (TPSA) is 70.6 Å². The van der Waals surface area contributed by atoms with Crippen molar-refractivity contribution in [3.63, 3.8) is 0 Å². The van der Waals surface area contributed by atoms with Gasteiger partial charge in [0.15, 0.2) is 0 Å². The maximum Gasteiger partial charge on any atom is 0.271 e. The van der Waals surface area contributed by atoms with Crippen LogP contribution in [0.15, 0.2) is 47.6 Å². The summed E-state index contributed by atoms with van der Waals surface area (Å²) in [6, 6.07) is 11.8. The summed E-state index contributed by atoms with van der Waals surface area (Å²) in [7, 11) is 0. The Morgan fingerprint density at radius 3 is 2.42 bits per heavy atom. The molecule has 0 unspecified atom stereocenters. The van der Waals surface area contributed by atoms with Crippen LogP contribution in [0.4, 0.5) is 0 Å². The molecule has 2 aromatic carbocycles. The van der Waals surface area contributed by atoms with Crippen molar-refractivity contribution < 1.29 is 9.59 Å². The fraction of sp³-hybridized carbons (Fsp3) is 0.167. The molecule has 0 aliphatic rings. The van der Waals surface area contributed by atoms with Crippen LogP contribution in [0, 0.1) is 0 Å². The number of benzene rings is 2. The van der Waals surface area contributed by atoms with Gasteiger partial charge >= 0.3 is 0 Å². The summed E-state index contributed by atoms with van der Waals surface area (Å²) in [4.78, 5) is 24.0. The predicted octanol–water partition coefficient (Wildman–Crippen LogP) is 4.46. The molecule has 2 aromatic rings. The van der Waals surface area contributed by atoms with Gasteiger partial charge < -0.3 is 5.32 Å². The van der Waals surface area contributed by atoms with E-state index in [1.54, 1.807) is 13.0 Å². The summed E-state index contributed by atoms with van der Waals surface area (Å²) >= 11 is 17.7. The normalized spacial score (nSPS) is 11.2. The Bertz CT molecular complexity index is 853. The van der Waals surface area contributed by atoms with Crippen LogP contribution in [0.5, 0.6) is 0 Å². The molecule has 2 amide bonds. The average Bonchev–Trinajstić information content (AvgIpc) is 2.61. The van der Waals surface area contributed by atoms with E-state index in [2.05, 4.69) is 15.8 Å². The number of rotatable bonds is 6. The highest BCUT2D eigenvalue weighted by molar-refractivity contribution is 6.42. The van der Waals surface area contributed by atoms with E-state index in [1.807, 2.05) is 18.2 Å². The van der Waals surface area contributed by atoms with Crippen LogP contribution in [0.1, 0.15) is 29.3 Å². The molecule has 2 rings (SSSR count). The molecule has 26 heavy (non-hydrogen) atoms. The second-order valence-electron chi connectivity index (χ2n) is 5.46. The Labute approximate surface area is 166 Å². The Morgan fingerprint density at radius 1 is 1.00 bits per heavy atom. The van der Waals surface area contributed by atoms with Crippen LogP contribution < -0.4 is 10.7 Å². The smallest absolute Gasteiger partial charge is 0.271 e. The third-order valence-electron chi connectivity index (χ3n) is 3.38. The predicted molar refractivity (Wildman–Crippen MR) is 105 cm³/mol. The van der Waals surface area contributed by atoms with E-state index >= 15 is 0 Å². The second-order valence-corrected chi connectivity index (χ2v) is 6.68. The first-order chi connectivity index (χ1) is 12.4. The number of carbonyl (C=O) groups excluding carboxylic acids is 2. The molecule has 0 aliphatic heterocycles. The summed E-state index contributed by atoms with van der Waals surface area (Å²) < 4.78 is 0. The first-order valence-corrected chi connectivity index (χ1v) is 8.79. The quantitative estimate of drug-likeness (QED) is 0.543. The van der Waals surface area contributed by atoms with Gasteiger partial charge in [-0.2, -0.15) is 5.10 Å². The molecule has 0 aromatic heterocycles. The van der Waals surface area contributed by atoms with Crippen LogP contribution in [-0.2, 0) is 11.3 Å². The monoisotopic (exact) mass is 411 g/mol. The third kappa shape index (κ3) is 6.02. The zero-order valence-electron chi connectivity index (χ0n) is 13.9. The molecule has 0 saturated heterocycles. The zero-order chi connectivity index (χ0) is 19.1. The van der Waals surface area contributed by atoms with E-state index in [0.29, 0.717) is 27.9 Å². The number of halogens is 3. The number of carbonyl (C=O) groups is 2. The Hall–Kier alpha value is -2.08. The van der Waals surface area contributed by atoms with Crippen molar-refractivity contribution in [3.05, 3.63) is 68.7 Å². The van der Waals surface area contributed by atoms with Crippen LogP contribution in [0.3, 0.4) is 0 Å². The van der Waals surface area contributed by atoms with Gasteiger partial charge in [-0.15, -0.1) is 0 Å². The lowest BCUT2D eigenvalue weighted by molar-refractivity contribution is -0.120. The molecule has 0 saturated carbocycles. The second kappa shape index (κ2) is 9.57. The lowest BCUT2D eigenvalue weighted by Crippen LogP contribution is -2.26. The van der Waals surface area contributed by atoms with Gasteiger partial charge in [0.05, 0.1) is 16.5 Å². The van der Waals surface area contributed by atoms with Gasteiger partial charge in [0.25, 0.3) is 5.91 Å². The lowest BCUT2D eigenvalue weighted by Gasteiger charge is -2.07. The van der Waals surface area contributed by atoms with Gasteiger partial charge in [-0.05, 0) is 36.8 Å². The largest absolute Gasteiger partial charge is 0.352 e. The zero-order valence-corrected chi connectivity index (χ0v) is 16.1. The van der Waals surface area contributed by atoms with E-state index in [4.69, 9.17) is 34.8 Å². The number of amides is 2. The molecule has 0 heterocycles. The Morgan fingerprint density at radius 2 is 1.73 bits per heavy atom. The van der Waals surface area contributed by atoms with Gasteiger partial charge in [0, 0.05) is 22.8 Å². The fourth-order valence-electron chi connectivity index (χ4n) is 2.02. The molecule has 2 N–H and O–H groups in total. The SMILES string of the molecule is C/C(CC(=O)NCc1ccccc1Cl)=N\NC(=O)c1ccc(Cl)c(Cl)c1. The summed E-state index contributed by atoms with van der Waals surface area (Å²) in [6.45, 7) is 1.96. The molecule has 0 bridgehead atoms. The Kier molecular flexibility index (Phi) is 7.45. The van der Waals surface area contributed by atoms with Gasteiger partial charge in [0.2, 0.25) is 5.91 Å². The van der Waals surface area contributed by atoms with Crippen molar-refractivity contribution >= 4 is 52.3 Å². The number of hydrazone groups is 1. The molecule has 0 atom stereocenters. The standard InChI is InChI=1S/C18H16Cl3N3O2/c1-11(8-17(25)22-10-13-4-2-3-5-14(13)19)23-24-18(26)12-6-7-15(20)16(21)9-12/h2-7,9H,8,10H2,1H3,(H,22,25)(H,24,26)/b23-11+. The van der Waals surface area contributed by atoms with E-state index in [9.17, 15) is 9.59 Å². The minimum Gasteiger partial charge on any atom is -0.352 e. The summed E-state index contributed by atoms with van der Waals surface area (Å²) in [5.74, 6) is -0.672. The Balaban J connectivity index is 1.85. The first kappa shape index (κ1) is 20.2. The van der Waals surface area contributed by atoms with Gasteiger partial charge in [-0.25, -0.2) is 5.43 Å². The van der Waals surface area contributed by atoms with Crippen LogP contribution in [0.2, 0.25) is 15.1 Å². The highest BCUT2D eigenvalue weighted by atomic mass is 35.5. The summed E-state index contributed by atoms with van der Waals surface area (Å²) in [5, 5.41) is 7.90. The number of hydrogen-bond donors (Lipinski definition) is 2. The minimum absolute atomic E-state index is 0.0477. The van der Waals surface area contributed by atoms with E-state index in [-0.39, 0.29) is 17.4 Å². The molecule has 0 spiro atoms. The van der Waals surface area contributed by atoms with Crippen molar-refractivity contribution in [2.75, 3.05) is 0 Å². The van der Waals surface area contributed by atoms with Gasteiger partial charge in [0.1, 0.15) is 0 Å². The minimum atomic E-state index is -0.445. The van der Waals surface area contributed by atoms with Gasteiger partial charge in [-0.1, -0.05) is 53.0 Å². The molecule has 136 valence electrons. The number of nitrogens with one attached hydrogen (secondary N) is 2. The maximum atomic E-state index is 12.0. The van der Waals surface area contributed by atoms with Crippen molar-refractivity contribution in [2.24, 2.45) is 5.10 Å². The lowest BCUT2D eigenvalue weighted by atomic mass is 10.2. The van der Waals surface area contributed by atoms with Crippen LogP contribution >= 0.6 is 34.8 Å². The third-order valence-corrected chi connectivity index (χ3v) is 4.49. The first-order valence-electron chi connectivity index (χ1n) is 7.65. The highest BCUT2D eigenvalue weighted by Crippen LogP contribution is 2.22. The highest BCUT2D eigenvalue weighted by Gasteiger charge is 2.09. The summed E-state index contributed by atoms with van der Waals surface area (Å²) in [5.41, 5.74) is 3.98. The molecule has 0 fully saturated rings. The maximum absolute atomic E-state index is 12.0. The number of hydrogen-bond acceptors (Lipinski definition) is 3. The van der Waals surface area contributed by atoms with E-state index < -0.39 is 5.91 Å². The van der Waals surface area contributed by atoms with Gasteiger partial charge in [-0.3, -0.25) is 9.59 Å². The van der Waals surface area contributed by atoms with E-state index in [1.165, 1.54) is 18.2 Å². The molecular formula is C18H16Cl3N3O2.